The average molecular weight is 295 g/mol. The molecule has 1 aliphatic rings. The summed E-state index contributed by atoms with van der Waals surface area (Å²) in [5.41, 5.74) is 0.470. The molecule has 0 aliphatic carbocycles. The molecule has 1 atom stereocenters. The van der Waals surface area contributed by atoms with E-state index in [1.54, 1.807) is 24.3 Å². The van der Waals surface area contributed by atoms with Crippen molar-refractivity contribution in [2.75, 3.05) is 6.54 Å². The summed E-state index contributed by atoms with van der Waals surface area (Å²) in [6, 6.07) is 7.38. The van der Waals surface area contributed by atoms with Gasteiger partial charge in [0.15, 0.2) is 0 Å². The maximum absolute atomic E-state index is 12.5. The number of aliphatic carboxylic acids is 1. The van der Waals surface area contributed by atoms with Crippen LogP contribution in [0.2, 0.25) is 0 Å². The first-order valence-corrected chi connectivity index (χ1v) is 7.67. The Morgan fingerprint density at radius 2 is 2.10 bits per heavy atom. The smallest absolute Gasteiger partial charge is 0.322 e. The zero-order chi connectivity index (χ0) is 14.3. The number of carbonyl (C=O) groups is 1. The first-order chi connectivity index (χ1) is 9.50. The number of benzene rings is 1. The molecule has 20 heavy (non-hydrogen) atoms. The third-order valence-corrected chi connectivity index (χ3v) is 5.22. The van der Waals surface area contributed by atoms with E-state index >= 15 is 0 Å². The summed E-state index contributed by atoms with van der Waals surface area (Å²) in [5.74, 6) is -1.12. The Morgan fingerprint density at radius 1 is 1.35 bits per heavy atom. The number of para-hydroxylation sites is 1. The minimum absolute atomic E-state index is 0.202. The molecule has 1 N–H and O–H groups in total. The number of furan rings is 1. The lowest BCUT2D eigenvalue weighted by molar-refractivity contribution is -0.140. The Kier molecular flexibility index (Phi) is 3.02. The molecule has 0 spiro atoms. The van der Waals surface area contributed by atoms with Crippen LogP contribution < -0.4 is 0 Å². The Hall–Kier alpha value is -1.86. The van der Waals surface area contributed by atoms with E-state index in [2.05, 4.69) is 0 Å². The molecule has 1 aromatic carbocycles. The Bertz CT molecular complexity index is 731. The molecule has 3 rings (SSSR count). The summed E-state index contributed by atoms with van der Waals surface area (Å²) in [6.45, 7) is 0.205. The molecule has 7 heteroatoms. The van der Waals surface area contributed by atoms with E-state index in [-0.39, 0.29) is 11.6 Å². The second kappa shape index (κ2) is 4.60. The van der Waals surface area contributed by atoms with Crippen molar-refractivity contribution < 1.29 is 22.7 Å². The second-order valence-electron chi connectivity index (χ2n) is 4.72. The van der Waals surface area contributed by atoms with Gasteiger partial charge in [-0.2, -0.15) is 4.31 Å². The summed E-state index contributed by atoms with van der Waals surface area (Å²) < 4.78 is 31.3. The van der Waals surface area contributed by atoms with Crippen molar-refractivity contribution in [1.29, 1.82) is 0 Å². The molecule has 1 fully saturated rings. The molecule has 6 nitrogen and oxygen atoms in total. The fourth-order valence-corrected chi connectivity index (χ4v) is 4.08. The molecule has 0 amide bonds. The minimum atomic E-state index is -3.91. The van der Waals surface area contributed by atoms with Crippen LogP contribution in [0, 0.1) is 0 Å². The summed E-state index contributed by atoms with van der Waals surface area (Å²) in [6.07, 6.45) is 0.866. The van der Waals surface area contributed by atoms with Crippen molar-refractivity contribution in [2.24, 2.45) is 0 Å². The largest absolute Gasteiger partial charge is 0.480 e. The molecule has 0 bridgehead atoms. The van der Waals surface area contributed by atoms with E-state index in [0.29, 0.717) is 23.8 Å². The average Bonchev–Trinajstić information content (AvgIpc) is 3.05. The van der Waals surface area contributed by atoms with Crippen LogP contribution in [0.15, 0.2) is 39.8 Å². The van der Waals surface area contributed by atoms with Crippen LogP contribution in [0.25, 0.3) is 11.0 Å². The molecule has 1 saturated heterocycles. The van der Waals surface area contributed by atoms with Gasteiger partial charge in [-0.05, 0) is 18.9 Å². The van der Waals surface area contributed by atoms with Crippen molar-refractivity contribution in [3.8, 4) is 0 Å². The normalized spacial score (nSPS) is 20.5. The van der Waals surface area contributed by atoms with E-state index in [9.17, 15) is 13.2 Å². The highest BCUT2D eigenvalue weighted by molar-refractivity contribution is 7.89. The predicted octanol–water partition coefficient (Wildman–Crippen LogP) is 1.67. The fourth-order valence-electron chi connectivity index (χ4n) is 2.47. The Balaban J connectivity index is 2.05. The quantitative estimate of drug-likeness (QED) is 0.930. The standard InChI is InChI=1S/C13H13NO5S/c15-13(16)10-5-3-7-14(10)20(17,18)12-8-9-4-1-2-6-11(9)19-12/h1-2,4,6,8,10H,3,5,7H2,(H,15,16). The number of hydrogen-bond acceptors (Lipinski definition) is 4. The van der Waals surface area contributed by atoms with Gasteiger partial charge in [0.1, 0.15) is 11.6 Å². The van der Waals surface area contributed by atoms with Gasteiger partial charge >= 0.3 is 5.97 Å². The number of rotatable bonds is 3. The zero-order valence-electron chi connectivity index (χ0n) is 10.5. The molecular formula is C13H13NO5S. The highest BCUT2D eigenvalue weighted by atomic mass is 32.2. The lowest BCUT2D eigenvalue weighted by Gasteiger charge is -2.19. The van der Waals surface area contributed by atoms with E-state index in [0.717, 1.165) is 4.31 Å². The molecular weight excluding hydrogens is 282 g/mol. The van der Waals surface area contributed by atoms with Crippen LogP contribution in [0.3, 0.4) is 0 Å². The first kappa shape index (κ1) is 13.1. The number of fused-ring (bicyclic) bond motifs is 1. The molecule has 2 aromatic rings. The molecule has 2 heterocycles. The summed E-state index contributed by atoms with van der Waals surface area (Å²) in [4.78, 5) is 11.1. The van der Waals surface area contributed by atoms with Crippen LogP contribution in [0.4, 0.5) is 0 Å². The lowest BCUT2D eigenvalue weighted by atomic mass is 10.2. The van der Waals surface area contributed by atoms with Gasteiger partial charge in [0.05, 0.1) is 0 Å². The van der Waals surface area contributed by atoms with Crippen LogP contribution in [-0.4, -0.2) is 36.4 Å². The second-order valence-corrected chi connectivity index (χ2v) is 6.54. The maximum atomic E-state index is 12.5. The highest BCUT2D eigenvalue weighted by Gasteiger charge is 2.41. The van der Waals surface area contributed by atoms with Crippen molar-refractivity contribution in [2.45, 2.75) is 24.0 Å². The summed E-state index contributed by atoms with van der Waals surface area (Å²) in [5, 5.41) is 9.57. The van der Waals surface area contributed by atoms with Crippen LogP contribution >= 0.6 is 0 Å². The van der Waals surface area contributed by atoms with Gasteiger partial charge in [-0.15, -0.1) is 0 Å². The SMILES string of the molecule is O=C(O)C1CCCN1S(=O)(=O)c1cc2ccccc2o1. The number of carboxylic acid groups (broad SMARTS) is 1. The number of hydrogen-bond donors (Lipinski definition) is 1. The first-order valence-electron chi connectivity index (χ1n) is 6.23. The minimum Gasteiger partial charge on any atom is -0.480 e. The van der Waals surface area contributed by atoms with Gasteiger partial charge < -0.3 is 9.52 Å². The third-order valence-electron chi connectivity index (χ3n) is 3.45. The Labute approximate surface area is 115 Å². The van der Waals surface area contributed by atoms with Crippen molar-refractivity contribution in [3.05, 3.63) is 30.3 Å². The number of carboxylic acids is 1. The van der Waals surface area contributed by atoms with Crippen LogP contribution in [0.1, 0.15) is 12.8 Å². The fraction of sp³-hybridized carbons (Fsp3) is 0.308. The van der Waals surface area contributed by atoms with Gasteiger partial charge in [-0.25, -0.2) is 8.42 Å². The van der Waals surface area contributed by atoms with Gasteiger partial charge in [0.25, 0.3) is 10.0 Å². The maximum Gasteiger partial charge on any atom is 0.322 e. The van der Waals surface area contributed by atoms with Gasteiger partial charge in [0, 0.05) is 18.0 Å². The molecule has 106 valence electrons. The lowest BCUT2D eigenvalue weighted by Crippen LogP contribution is -2.40. The monoisotopic (exact) mass is 295 g/mol. The van der Waals surface area contributed by atoms with E-state index in [1.165, 1.54) is 6.07 Å². The van der Waals surface area contributed by atoms with Crippen LogP contribution in [-0.2, 0) is 14.8 Å². The van der Waals surface area contributed by atoms with Crippen molar-refractivity contribution >= 4 is 27.0 Å². The van der Waals surface area contributed by atoms with Gasteiger partial charge in [-0.1, -0.05) is 18.2 Å². The van der Waals surface area contributed by atoms with Crippen LogP contribution in [0.5, 0.6) is 0 Å². The topological polar surface area (TPSA) is 87.8 Å². The molecule has 1 aromatic heterocycles. The highest BCUT2D eigenvalue weighted by Crippen LogP contribution is 2.29. The third kappa shape index (κ3) is 1.99. The van der Waals surface area contributed by atoms with E-state index < -0.39 is 22.0 Å². The number of sulfonamides is 1. The predicted molar refractivity (Wildman–Crippen MR) is 70.8 cm³/mol. The van der Waals surface area contributed by atoms with Gasteiger partial charge in [0.2, 0.25) is 5.09 Å². The van der Waals surface area contributed by atoms with Crippen molar-refractivity contribution in [1.82, 2.24) is 4.31 Å². The van der Waals surface area contributed by atoms with E-state index in [1.807, 2.05) is 0 Å². The Morgan fingerprint density at radius 3 is 2.80 bits per heavy atom. The summed E-state index contributed by atoms with van der Waals surface area (Å²) >= 11 is 0. The number of nitrogens with zero attached hydrogens (tertiary/aromatic N) is 1. The molecule has 0 radical (unpaired) electrons. The van der Waals surface area contributed by atoms with Gasteiger partial charge in [-0.3, -0.25) is 4.79 Å². The summed E-state index contributed by atoms with van der Waals surface area (Å²) in [7, 11) is -3.91. The molecule has 1 aliphatic heterocycles. The molecule has 1 unspecified atom stereocenters. The van der Waals surface area contributed by atoms with E-state index in [4.69, 9.17) is 9.52 Å². The zero-order valence-corrected chi connectivity index (χ0v) is 11.3. The van der Waals surface area contributed by atoms with Crippen molar-refractivity contribution in [3.63, 3.8) is 0 Å². The molecule has 0 saturated carbocycles.